The van der Waals surface area contributed by atoms with Crippen molar-refractivity contribution in [3.8, 4) is 0 Å². The van der Waals surface area contributed by atoms with Crippen LogP contribution in [0.15, 0.2) is 15.2 Å². The predicted octanol–water partition coefficient (Wildman–Crippen LogP) is 3.11. The van der Waals surface area contributed by atoms with Crippen molar-refractivity contribution in [2.45, 2.75) is 25.8 Å². The van der Waals surface area contributed by atoms with Crippen LogP contribution < -0.4 is 0 Å². The van der Waals surface area contributed by atoms with E-state index in [-0.39, 0.29) is 0 Å². The van der Waals surface area contributed by atoms with Crippen LogP contribution in [0.1, 0.15) is 24.8 Å². The Hall–Kier alpha value is 0.100. The molecule has 0 aliphatic rings. The number of rotatable bonds is 7. The topological polar surface area (TPSA) is 23.5 Å². The van der Waals surface area contributed by atoms with Gasteiger partial charge in [0.2, 0.25) is 0 Å². The van der Waals surface area contributed by atoms with E-state index in [1.54, 1.807) is 11.3 Å². The van der Waals surface area contributed by atoms with Gasteiger partial charge in [0.25, 0.3) is 0 Å². The molecule has 0 aromatic carbocycles. The second kappa shape index (κ2) is 7.39. The number of hydrogen-bond donors (Lipinski definition) is 1. The lowest BCUT2D eigenvalue weighted by Gasteiger charge is -2.15. The summed E-state index contributed by atoms with van der Waals surface area (Å²) in [5, 5.41) is 10.8. The fourth-order valence-corrected chi connectivity index (χ4v) is 2.69. The van der Waals surface area contributed by atoms with Crippen LogP contribution in [0.5, 0.6) is 0 Å². The SMILES string of the molecule is CN(CCCCCO)Cc1csc(Br)c1. The molecule has 1 aromatic heterocycles. The Labute approximate surface area is 104 Å². The fraction of sp³-hybridized carbons (Fsp3) is 0.636. The molecule has 0 fully saturated rings. The number of aliphatic hydroxyl groups is 1. The van der Waals surface area contributed by atoms with Crippen molar-refractivity contribution in [1.82, 2.24) is 4.90 Å². The van der Waals surface area contributed by atoms with Gasteiger partial charge in [-0.1, -0.05) is 0 Å². The van der Waals surface area contributed by atoms with Crippen molar-refractivity contribution in [3.63, 3.8) is 0 Å². The van der Waals surface area contributed by atoms with Gasteiger partial charge in [-0.15, -0.1) is 11.3 Å². The minimum absolute atomic E-state index is 0.321. The van der Waals surface area contributed by atoms with Crippen molar-refractivity contribution in [2.75, 3.05) is 20.2 Å². The largest absolute Gasteiger partial charge is 0.396 e. The normalized spacial score (nSPS) is 11.2. The summed E-state index contributed by atoms with van der Waals surface area (Å²) in [6.45, 7) is 2.44. The maximum atomic E-state index is 8.65. The third-order valence-corrected chi connectivity index (χ3v) is 3.83. The third kappa shape index (κ3) is 5.66. The minimum atomic E-state index is 0.321. The van der Waals surface area contributed by atoms with Gasteiger partial charge in [0, 0.05) is 13.2 Å². The number of aliphatic hydroxyl groups excluding tert-OH is 1. The molecular weight excluding hydrogens is 274 g/mol. The van der Waals surface area contributed by atoms with Crippen molar-refractivity contribution in [2.24, 2.45) is 0 Å². The summed E-state index contributed by atoms with van der Waals surface area (Å²) in [5.41, 5.74) is 1.37. The predicted molar refractivity (Wildman–Crippen MR) is 69.3 cm³/mol. The summed E-state index contributed by atoms with van der Waals surface area (Å²) in [6, 6.07) is 2.18. The Balaban J connectivity index is 2.15. The molecule has 2 nitrogen and oxygen atoms in total. The molecule has 0 saturated heterocycles. The Morgan fingerprint density at radius 3 is 2.80 bits per heavy atom. The molecule has 0 unspecified atom stereocenters. The van der Waals surface area contributed by atoms with E-state index in [0.29, 0.717) is 6.61 Å². The smallest absolute Gasteiger partial charge is 0.0701 e. The molecule has 1 rings (SSSR count). The molecule has 0 amide bonds. The van der Waals surface area contributed by atoms with Gasteiger partial charge in [0.05, 0.1) is 3.79 Å². The summed E-state index contributed by atoms with van der Waals surface area (Å²) in [7, 11) is 2.14. The van der Waals surface area contributed by atoms with E-state index in [2.05, 4.69) is 39.3 Å². The molecule has 1 N–H and O–H groups in total. The molecule has 15 heavy (non-hydrogen) atoms. The first-order valence-corrected chi connectivity index (χ1v) is 6.92. The highest BCUT2D eigenvalue weighted by atomic mass is 79.9. The molecule has 0 atom stereocenters. The van der Waals surface area contributed by atoms with Crippen LogP contribution in [0.2, 0.25) is 0 Å². The van der Waals surface area contributed by atoms with Gasteiger partial charge in [-0.3, -0.25) is 0 Å². The molecule has 0 saturated carbocycles. The van der Waals surface area contributed by atoms with Crippen LogP contribution in [-0.2, 0) is 6.54 Å². The Kier molecular flexibility index (Phi) is 6.48. The van der Waals surface area contributed by atoms with Gasteiger partial charge in [0.1, 0.15) is 0 Å². The second-order valence-corrected chi connectivity index (χ2v) is 6.07. The van der Waals surface area contributed by atoms with Crippen LogP contribution in [-0.4, -0.2) is 30.2 Å². The van der Waals surface area contributed by atoms with Gasteiger partial charge in [-0.2, -0.15) is 0 Å². The van der Waals surface area contributed by atoms with Crippen molar-refractivity contribution in [3.05, 3.63) is 20.8 Å². The zero-order valence-corrected chi connectivity index (χ0v) is 11.5. The molecular formula is C11H18BrNOS. The average molecular weight is 292 g/mol. The zero-order chi connectivity index (χ0) is 11.1. The molecule has 0 bridgehead atoms. The molecule has 0 spiro atoms. The maximum Gasteiger partial charge on any atom is 0.0701 e. The molecule has 1 aromatic rings. The molecule has 0 aliphatic heterocycles. The van der Waals surface area contributed by atoms with Gasteiger partial charge in [-0.25, -0.2) is 0 Å². The second-order valence-electron chi connectivity index (χ2n) is 3.78. The Morgan fingerprint density at radius 2 is 2.20 bits per heavy atom. The van der Waals surface area contributed by atoms with E-state index in [1.165, 1.54) is 15.8 Å². The van der Waals surface area contributed by atoms with E-state index >= 15 is 0 Å². The summed E-state index contributed by atoms with van der Waals surface area (Å²) < 4.78 is 1.20. The fourth-order valence-electron chi connectivity index (χ4n) is 1.49. The number of unbranched alkanes of at least 4 members (excludes halogenated alkanes) is 2. The van der Waals surface area contributed by atoms with Crippen LogP contribution >= 0.6 is 27.3 Å². The van der Waals surface area contributed by atoms with E-state index < -0.39 is 0 Å². The number of halogens is 1. The maximum absolute atomic E-state index is 8.65. The standard InChI is InChI=1S/C11H18BrNOS/c1-13(5-3-2-4-6-14)8-10-7-11(12)15-9-10/h7,9,14H,2-6,8H2,1H3. The first-order valence-electron chi connectivity index (χ1n) is 5.24. The lowest BCUT2D eigenvalue weighted by atomic mass is 10.2. The summed E-state index contributed by atoms with van der Waals surface area (Å²) in [6.07, 6.45) is 3.22. The van der Waals surface area contributed by atoms with Crippen LogP contribution in [0.25, 0.3) is 0 Å². The highest BCUT2D eigenvalue weighted by Crippen LogP contribution is 2.21. The highest BCUT2D eigenvalue weighted by Gasteiger charge is 2.02. The molecule has 86 valence electrons. The average Bonchev–Trinajstić information content (AvgIpc) is 2.59. The van der Waals surface area contributed by atoms with Crippen LogP contribution in [0.3, 0.4) is 0 Å². The van der Waals surface area contributed by atoms with Gasteiger partial charge < -0.3 is 10.0 Å². The lowest BCUT2D eigenvalue weighted by Crippen LogP contribution is -2.18. The number of thiophene rings is 1. The number of hydrogen-bond acceptors (Lipinski definition) is 3. The quantitative estimate of drug-likeness (QED) is 0.781. The molecule has 0 radical (unpaired) electrons. The lowest BCUT2D eigenvalue weighted by molar-refractivity contribution is 0.271. The molecule has 1 heterocycles. The third-order valence-electron chi connectivity index (χ3n) is 2.27. The van der Waals surface area contributed by atoms with Gasteiger partial charge >= 0.3 is 0 Å². The Bertz CT molecular complexity index is 277. The summed E-state index contributed by atoms with van der Waals surface area (Å²) in [4.78, 5) is 2.33. The highest BCUT2D eigenvalue weighted by molar-refractivity contribution is 9.11. The molecule has 0 aliphatic carbocycles. The van der Waals surface area contributed by atoms with Crippen molar-refractivity contribution in [1.29, 1.82) is 0 Å². The first kappa shape index (κ1) is 13.2. The van der Waals surface area contributed by atoms with Gasteiger partial charge in [-0.05, 0) is 65.8 Å². The summed E-state index contributed by atoms with van der Waals surface area (Å²) >= 11 is 5.20. The van der Waals surface area contributed by atoms with Crippen LogP contribution in [0.4, 0.5) is 0 Å². The van der Waals surface area contributed by atoms with Gasteiger partial charge in [0.15, 0.2) is 0 Å². The summed E-state index contributed by atoms with van der Waals surface area (Å²) in [5.74, 6) is 0. The first-order chi connectivity index (χ1) is 7.22. The van der Waals surface area contributed by atoms with Crippen molar-refractivity contribution >= 4 is 27.3 Å². The number of nitrogens with zero attached hydrogens (tertiary/aromatic N) is 1. The zero-order valence-electron chi connectivity index (χ0n) is 9.08. The Morgan fingerprint density at radius 1 is 1.40 bits per heavy atom. The van der Waals surface area contributed by atoms with E-state index in [9.17, 15) is 0 Å². The van der Waals surface area contributed by atoms with E-state index in [1.807, 2.05) is 0 Å². The molecule has 4 heteroatoms. The van der Waals surface area contributed by atoms with E-state index in [0.717, 1.165) is 25.9 Å². The monoisotopic (exact) mass is 291 g/mol. The minimum Gasteiger partial charge on any atom is -0.396 e. The van der Waals surface area contributed by atoms with Crippen LogP contribution in [0, 0.1) is 0 Å². The van der Waals surface area contributed by atoms with E-state index in [4.69, 9.17) is 5.11 Å². The van der Waals surface area contributed by atoms with Crippen molar-refractivity contribution < 1.29 is 5.11 Å².